The average molecular weight is 391 g/mol. The van der Waals surface area contributed by atoms with Crippen molar-refractivity contribution in [1.29, 1.82) is 0 Å². The van der Waals surface area contributed by atoms with Crippen LogP contribution < -0.4 is 5.32 Å². The number of hydrogen-bond acceptors (Lipinski definition) is 7. The van der Waals surface area contributed by atoms with Gasteiger partial charge in [0.1, 0.15) is 5.60 Å². The molecule has 0 radical (unpaired) electrons. The molecular formula is C18H21N3O5S. The Hall–Kier alpha value is -2.68. The van der Waals surface area contributed by atoms with E-state index in [2.05, 4.69) is 10.3 Å². The molecule has 1 aliphatic rings. The lowest BCUT2D eigenvalue weighted by Crippen LogP contribution is -2.32. The topological polar surface area (TPSA) is 111 Å². The van der Waals surface area contributed by atoms with Gasteiger partial charge in [-0.25, -0.2) is 9.79 Å². The summed E-state index contributed by atoms with van der Waals surface area (Å²) < 4.78 is 5.48. The lowest BCUT2D eigenvalue weighted by atomic mass is 10.0. The number of nitro benzene ring substituents is 1. The van der Waals surface area contributed by atoms with Crippen LogP contribution in [0.2, 0.25) is 0 Å². The molecule has 1 heterocycles. The van der Waals surface area contributed by atoms with Crippen LogP contribution in [-0.4, -0.2) is 27.6 Å². The molecule has 27 heavy (non-hydrogen) atoms. The molecule has 1 aromatic carbocycles. The molecule has 1 aliphatic heterocycles. The van der Waals surface area contributed by atoms with E-state index >= 15 is 0 Å². The summed E-state index contributed by atoms with van der Waals surface area (Å²) in [5, 5.41) is 13.6. The zero-order valence-electron chi connectivity index (χ0n) is 15.7. The Bertz CT molecular complexity index is 855. The first-order chi connectivity index (χ1) is 12.5. The number of hydrogen-bond donors (Lipinski definition) is 1. The van der Waals surface area contributed by atoms with E-state index in [1.54, 1.807) is 45.9 Å². The van der Waals surface area contributed by atoms with Gasteiger partial charge in [0.2, 0.25) is 5.91 Å². The van der Waals surface area contributed by atoms with Crippen LogP contribution in [0.15, 0.2) is 40.5 Å². The van der Waals surface area contributed by atoms with E-state index in [9.17, 15) is 19.7 Å². The van der Waals surface area contributed by atoms with Gasteiger partial charge >= 0.3 is 5.97 Å². The number of thioether (sulfide) groups is 1. The van der Waals surface area contributed by atoms with Gasteiger partial charge in [-0.05, 0) is 27.7 Å². The van der Waals surface area contributed by atoms with Crippen LogP contribution in [0.1, 0.15) is 45.4 Å². The maximum Gasteiger partial charge on any atom is 0.337 e. The van der Waals surface area contributed by atoms with Crippen LogP contribution in [0.25, 0.3) is 0 Å². The van der Waals surface area contributed by atoms with Crippen molar-refractivity contribution in [2.75, 3.05) is 0 Å². The Morgan fingerprint density at radius 2 is 1.93 bits per heavy atom. The maximum absolute atomic E-state index is 12.8. The Morgan fingerprint density at radius 1 is 1.30 bits per heavy atom. The van der Waals surface area contributed by atoms with E-state index in [-0.39, 0.29) is 22.3 Å². The normalized spacial score (nSPS) is 17.2. The molecular weight excluding hydrogens is 370 g/mol. The fraction of sp³-hybridized carbons (Fsp3) is 0.389. The minimum atomic E-state index is -0.735. The van der Waals surface area contributed by atoms with E-state index in [0.29, 0.717) is 11.3 Å². The lowest BCUT2D eigenvalue weighted by molar-refractivity contribution is -0.385. The van der Waals surface area contributed by atoms with Gasteiger partial charge in [-0.3, -0.25) is 14.9 Å². The van der Waals surface area contributed by atoms with Gasteiger partial charge in [0.05, 0.1) is 21.4 Å². The van der Waals surface area contributed by atoms with E-state index in [4.69, 9.17) is 4.74 Å². The predicted octanol–water partition coefficient (Wildman–Crippen LogP) is 3.49. The molecule has 0 aliphatic carbocycles. The average Bonchev–Trinajstić information content (AvgIpc) is 2.51. The molecule has 8 nitrogen and oxygen atoms in total. The number of aliphatic imine (C=N–C) groups is 1. The molecule has 1 atom stereocenters. The Labute approximate surface area is 161 Å². The minimum absolute atomic E-state index is 0.118. The number of benzene rings is 1. The van der Waals surface area contributed by atoms with E-state index in [0.717, 1.165) is 11.8 Å². The number of allylic oxidation sites excluding steroid dienone is 1. The van der Waals surface area contributed by atoms with Crippen molar-refractivity contribution in [3.63, 3.8) is 0 Å². The number of nitrogens with one attached hydrogen (secondary N) is 1. The number of carbonyl (C=O) groups excluding carboxylic acids is 2. The van der Waals surface area contributed by atoms with Crippen molar-refractivity contribution >= 4 is 34.5 Å². The number of ether oxygens (including phenoxy) is 1. The second kappa shape index (κ2) is 7.91. The highest BCUT2D eigenvalue weighted by Crippen LogP contribution is 2.45. The van der Waals surface area contributed by atoms with Gasteiger partial charge in [0, 0.05) is 18.6 Å². The fourth-order valence-corrected chi connectivity index (χ4v) is 3.82. The SMILES string of the molecule is CC(=O)NC1=NC(C)=C(C(=O)OC(C)(C)C)C(c2ccccc2[N+](=O)[O-])S1. The number of rotatable bonds is 3. The molecule has 0 bridgehead atoms. The Kier molecular flexibility index (Phi) is 6.04. The maximum atomic E-state index is 12.8. The number of amidine groups is 1. The van der Waals surface area contributed by atoms with E-state index in [1.165, 1.54) is 13.0 Å². The third-order valence-electron chi connectivity index (χ3n) is 3.47. The molecule has 0 saturated heterocycles. The number of para-hydroxylation sites is 1. The van der Waals surface area contributed by atoms with Crippen molar-refractivity contribution in [2.24, 2.45) is 4.99 Å². The largest absolute Gasteiger partial charge is 0.457 e. The van der Waals surface area contributed by atoms with Gasteiger partial charge in [0.25, 0.3) is 5.69 Å². The van der Waals surface area contributed by atoms with Crippen molar-refractivity contribution in [2.45, 2.75) is 45.5 Å². The standard InChI is InChI=1S/C18H21N3O5S/c1-10-14(16(23)26-18(3,4)5)15(27-17(19-10)20-11(2)22)12-8-6-7-9-13(12)21(24)25/h6-9,15H,1-5H3,(H,19,20,22). The quantitative estimate of drug-likeness (QED) is 0.480. The summed E-state index contributed by atoms with van der Waals surface area (Å²) in [4.78, 5) is 39.5. The molecule has 0 spiro atoms. The number of carbonyl (C=O) groups is 2. The zero-order valence-corrected chi connectivity index (χ0v) is 16.5. The first-order valence-corrected chi connectivity index (χ1v) is 9.08. The summed E-state index contributed by atoms with van der Waals surface area (Å²) in [6, 6.07) is 6.18. The molecule has 2 rings (SSSR count). The second-order valence-electron chi connectivity index (χ2n) is 6.91. The van der Waals surface area contributed by atoms with Crippen LogP contribution in [0, 0.1) is 10.1 Å². The highest BCUT2D eigenvalue weighted by molar-refractivity contribution is 8.14. The number of nitrogens with zero attached hydrogens (tertiary/aromatic N) is 2. The van der Waals surface area contributed by atoms with Gasteiger partial charge in [-0.2, -0.15) is 0 Å². The van der Waals surface area contributed by atoms with Gasteiger partial charge in [0.15, 0.2) is 5.17 Å². The summed E-state index contributed by atoms with van der Waals surface area (Å²) in [7, 11) is 0. The van der Waals surface area contributed by atoms with Crippen LogP contribution >= 0.6 is 11.8 Å². The van der Waals surface area contributed by atoms with Gasteiger partial charge in [-0.1, -0.05) is 30.0 Å². The molecule has 0 fully saturated rings. The summed E-state index contributed by atoms with van der Waals surface area (Å²) in [5.74, 6) is -0.919. The third kappa shape index (κ3) is 5.16. The minimum Gasteiger partial charge on any atom is -0.457 e. The lowest BCUT2D eigenvalue weighted by Gasteiger charge is -2.28. The van der Waals surface area contributed by atoms with Crippen molar-refractivity contribution in [1.82, 2.24) is 5.32 Å². The van der Waals surface area contributed by atoms with E-state index < -0.39 is 21.7 Å². The van der Waals surface area contributed by atoms with Gasteiger partial charge < -0.3 is 10.1 Å². The number of amides is 1. The second-order valence-corrected chi connectivity index (χ2v) is 8.01. The van der Waals surface area contributed by atoms with Gasteiger partial charge in [-0.15, -0.1) is 0 Å². The summed E-state index contributed by atoms with van der Waals surface area (Å²) in [6.07, 6.45) is 0. The van der Waals surface area contributed by atoms with Crippen molar-refractivity contribution in [3.8, 4) is 0 Å². The number of nitro groups is 1. The van der Waals surface area contributed by atoms with Crippen molar-refractivity contribution < 1.29 is 19.2 Å². The number of esters is 1. The Balaban J connectivity index is 2.59. The molecule has 1 aromatic rings. The first-order valence-electron chi connectivity index (χ1n) is 8.20. The highest BCUT2D eigenvalue weighted by atomic mass is 32.2. The molecule has 0 saturated carbocycles. The van der Waals surface area contributed by atoms with Crippen molar-refractivity contribution in [3.05, 3.63) is 51.2 Å². The summed E-state index contributed by atoms with van der Waals surface area (Å²) >= 11 is 1.07. The van der Waals surface area contributed by atoms with Crippen LogP contribution in [0.4, 0.5) is 5.69 Å². The van der Waals surface area contributed by atoms with E-state index in [1.807, 2.05) is 0 Å². The zero-order chi connectivity index (χ0) is 20.4. The monoisotopic (exact) mass is 391 g/mol. The molecule has 9 heteroatoms. The fourth-order valence-electron chi connectivity index (χ4n) is 2.49. The summed E-state index contributed by atoms with van der Waals surface area (Å²) in [6.45, 7) is 8.17. The predicted molar refractivity (Wildman–Crippen MR) is 103 cm³/mol. The first kappa shape index (κ1) is 20.6. The van der Waals surface area contributed by atoms with Crippen LogP contribution in [0.3, 0.4) is 0 Å². The molecule has 1 unspecified atom stereocenters. The Morgan fingerprint density at radius 3 is 2.48 bits per heavy atom. The molecule has 144 valence electrons. The highest BCUT2D eigenvalue weighted by Gasteiger charge is 2.37. The third-order valence-corrected chi connectivity index (χ3v) is 4.61. The molecule has 1 N–H and O–H groups in total. The smallest absolute Gasteiger partial charge is 0.337 e. The molecule has 1 amide bonds. The van der Waals surface area contributed by atoms with Crippen LogP contribution in [-0.2, 0) is 14.3 Å². The van der Waals surface area contributed by atoms with Crippen LogP contribution in [0.5, 0.6) is 0 Å². The summed E-state index contributed by atoms with van der Waals surface area (Å²) in [5.41, 5.74) is 0.0516. The molecule has 0 aromatic heterocycles.